The third-order valence-corrected chi connectivity index (χ3v) is 4.57. The molecule has 0 saturated carbocycles. The van der Waals surface area contributed by atoms with Crippen molar-refractivity contribution in [2.75, 3.05) is 0 Å². The first-order valence-electron chi connectivity index (χ1n) is 8.65. The summed E-state index contributed by atoms with van der Waals surface area (Å²) in [5.74, 6) is -0.661. The molecule has 0 saturated heterocycles. The number of carbonyl (C=O) groups is 1. The molecule has 4 nitrogen and oxygen atoms in total. The Bertz CT molecular complexity index is 362. The molecule has 130 valence electrons. The number of unbranched alkanes of at least 4 members (excludes halogenated alkanes) is 1. The smallest absolute Gasteiger partial charge is 0.311 e. The highest BCUT2D eigenvalue weighted by molar-refractivity contribution is 5.69. The van der Waals surface area contributed by atoms with E-state index in [9.17, 15) is 15.0 Å². The molecule has 0 heterocycles. The van der Waals surface area contributed by atoms with Crippen LogP contribution in [0.15, 0.2) is 11.3 Å². The molecule has 0 aromatic heterocycles. The van der Waals surface area contributed by atoms with Gasteiger partial charge in [-0.3, -0.25) is 4.79 Å². The van der Waals surface area contributed by atoms with Crippen molar-refractivity contribution in [3.05, 3.63) is 11.3 Å². The highest BCUT2D eigenvalue weighted by Gasteiger charge is 2.30. The molecular weight excluding hydrogens is 280 g/mol. The minimum Gasteiger partial charge on any atom is -0.512 e. The third kappa shape index (κ3) is 7.83. The van der Waals surface area contributed by atoms with Crippen molar-refractivity contribution in [1.82, 2.24) is 0 Å². The number of carboxylic acids is 1. The van der Waals surface area contributed by atoms with E-state index in [0.717, 1.165) is 19.3 Å². The van der Waals surface area contributed by atoms with Crippen molar-refractivity contribution in [3.8, 4) is 0 Å². The zero-order chi connectivity index (χ0) is 17.2. The maximum Gasteiger partial charge on any atom is 0.311 e. The van der Waals surface area contributed by atoms with Crippen LogP contribution >= 0.6 is 0 Å². The molecular formula is C18H34O4. The summed E-state index contributed by atoms with van der Waals surface area (Å²) in [6.45, 7) is 8.15. The van der Waals surface area contributed by atoms with Crippen molar-refractivity contribution in [3.63, 3.8) is 0 Å². The van der Waals surface area contributed by atoms with Gasteiger partial charge in [-0.15, -0.1) is 0 Å². The lowest BCUT2D eigenvalue weighted by Gasteiger charge is -2.32. The van der Waals surface area contributed by atoms with E-state index >= 15 is 0 Å². The summed E-state index contributed by atoms with van der Waals surface area (Å²) in [5, 5.41) is 29.7. The van der Waals surface area contributed by atoms with Gasteiger partial charge in [0.2, 0.25) is 0 Å². The van der Waals surface area contributed by atoms with Gasteiger partial charge in [0.15, 0.2) is 0 Å². The normalized spacial score (nSPS) is 16.8. The molecule has 0 amide bonds. The number of hydrogen-bond acceptors (Lipinski definition) is 3. The standard InChI is InChI=1S/C18H34O4/c1-5-9-10-14(6-2)12-18(22,8-4)13-15(7-3)16(19)11-17(20)21/h14,19,22H,5-13H2,1-4H3,(H,20,21)/b16-15-. The maximum absolute atomic E-state index is 10.9. The van der Waals surface area contributed by atoms with Crippen LogP contribution in [0.2, 0.25) is 0 Å². The van der Waals surface area contributed by atoms with Crippen molar-refractivity contribution in [2.24, 2.45) is 5.92 Å². The van der Waals surface area contributed by atoms with Gasteiger partial charge in [-0.2, -0.15) is 0 Å². The second-order valence-electron chi connectivity index (χ2n) is 6.35. The first kappa shape index (κ1) is 21.0. The Balaban J connectivity index is 4.99. The van der Waals surface area contributed by atoms with Crippen molar-refractivity contribution >= 4 is 5.97 Å². The molecule has 2 unspecified atom stereocenters. The fraction of sp³-hybridized carbons (Fsp3) is 0.833. The number of hydrogen-bond donors (Lipinski definition) is 3. The van der Waals surface area contributed by atoms with Crippen LogP contribution in [0.3, 0.4) is 0 Å². The second-order valence-corrected chi connectivity index (χ2v) is 6.35. The summed E-state index contributed by atoms with van der Waals surface area (Å²) < 4.78 is 0. The van der Waals surface area contributed by atoms with Crippen LogP contribution in [0.25, 0.3) is 0 Å². The number of aliphatic carboxylic acids is 1. The van der Waals surface area contributed by atoms with Crippen molar-refractivity contribution in [1.29, 1.82) is 0 Å². The number of rotatable bonds is 12. The first-order valence-corrected chi connectivity index (χ1v) is 8.65. The molecule has 22 heavy (non-hydrogen) atoms. The molecule has 0 aromatic carbocycles. The Labute approximate surface area is 135 Å². The van der Waals surface area contributed by atoms with E-state index in [2.05, 4.69) is 13.8 Å². The average molecular weight is 314 g/mol. The van der Waals surface area contributed by atoms with E-state index in [0.29, 0.717) is 37.2 Å². The van der Waals surface area contributed by atoms with E-state index in [-0.39, 0.29) is 12.2 Å². The van der Waals surface area contributed by atoms with Crippen LogP contribution in [-0.4, -0.2) is 26.9 Å². The highest BCUT2D eigenvalue weighted by Crippen LogP contribution is 2.33. The van der Waals surface area contributed by atoms with Gasteiger partial charge in [0.25, 0.3) is 0 Å². The summed E-state index contributed by atoms with van der Waals surface area (Å²) in [4.78, 5) is 10.8. The van der Waals surface area contributed by atoms with E-state index in [1.807, 2.05) is 13.8 Å². The number of carboxylic acid groups (broad SMARTS) is 1. The predicted molar refractivity (Wildman–Crippen MR) is 90.0 cm³/mol. The van der Waals surface area contributed by atoms with Gasteiger partial charge >= 0.3 is 5.97 Å². The fourth-order valence-corrected chi connectivity index (χ4v) is 2.92. The van der Waals surface area contributed by atoms with Gasteiger partial charge in [-0.05, 0) is 30.8 Å². The number of aliphatic hydroxyl groups excluding tert-OH is 1. The van der Waals surface area contributed by atoms with Gasteiger partial charge in [-0.25, -0.2) is 0 Å². The Kier molecular flexibility index (Phi) is 10.2. The van der Waals surface area contributed by atoms with Gasteiger partial charge < -0.3 is 15.3 Å². The minimum atomic E-state index is -1.04. The molecule has 0 spiro atoms. The molecule has 0 radical (unpaired) electrons. The summed E-state index contributed by atoms with van der Waals surface area (Å²) in [7, 11) is 0. The van der Waals surface area contributed by atoms with Crippen molar-refractivity contribution < 1.29 is 20.1 Å². The van der Waals surface area contributed by atoms with Crippen LogP contribution in [0, 0.1) is 5.92 Å². The lowest BCUT2D eigenvalue weighted by molar-refractivity contribution is -0.136. The van der Waals surface area contributed by atoms with Gasteiger partial charge in [0, 0.05) is 6.42 Å². The Morgan fingerprint density at radius 3 is 2.18 bits per heavy atom. The van der Waals surface area contributed by atoms with Crippen LogP contribution in [-0.2, 0) is 4.79 Å². The summed E-state index contributed by atoms with van der Waals surface area (Å²) in [6, 6.07) is 0. The summed E-state index contributed by atoms with van der Waals surface area (Å²) >= 11 is 0. The molecule has 0 aliphatic heterocycles. The third-order valence-electron chi connectivity index (χ3n) is 4.57. The Morgan fingerprint density at radius 2 is 1.77 bits per heavy atom. The Hall–Kier alpha value is -1.03. The second kappa shape index (κ2) is 10.7. The van der Waals surface area contributed by atoms with Crippen LogP contribution in [0.1, 0.15) is 85.5 Å². The van der Waals surface area contributed by atoms with Crippen LogP contribution in [0.4, 0.5) is 0 Å². The summed E-state index contributed by atoms with van der Waals surface area (Å²) in [6.07, 6.45) is 6.35. The van der Waals surface area contributed by atoms with Gasteiger partial charge in [-0.1, -0.05) is 53.4 Å². The van der Waals surface area contributed by atoms with Crippen LogP contribution in [0.5, 0.6) is 0 Å². The molecule has 2 atom stereocenters. The average Bonchev–Trinajstić information content (AvgIpc) is 2.48. The molecule has 4 heteroatoms. The topological polar surface area (TPSA) is 77.8 Å². The molecule has 0 bridgehead atoms. The van der Waals surface area contributed by atoms with E-state index in [1.165, 1.54) is 6.42 Å². The largest absolute Gasteiger partial charge is 0.512 e. The maximum atomic E-state index is 10.9. The minimum absolute atomic E-state index is 0.0940. The van der Waals surface area contributed by atoms with Crippen molar-refractivity contribution in [2.45, 2.75) is 91.1 Å². The first-order chi connectivity index (χ1) is 10.3. The molecule has 0 aliphatic carbocycles. The monoisotopic (exact) mass is 314 g/mol. The molecule has 0 rings (SSSR count). The number of aliphatic hydroxyl groups is 2. The molecule has 0 aromatic rings. The van der Waals surface area contributed by atoms with Gasteiger partial charge in [0.1, 0.15) is 12.2 Å². The lowest BCUT2D eigenvalue weighted by atomic mass is 9.80. The van der Waals surface area contributed by atoms with Gasteiger partial charge in [0.05, 0.1) is 5.60 Å². The molecule has 0 fully saturated rings. The zero-order valence-corrected chi connectivity index (χ0v) is 14.7. The summed E-state index contributed by atoms with van der Waals surface area (Å²) in [5.41, 5.74) is -0.191. The highest BCUT2D eigenvalue weighted by atomic mass is 16.4. The molecule has 0 aliphatic rings. The quantitative estimate of drug-likeness (QED) is 0.451. The predicted octanol–water partition coefficient (Wildman–Crippen LogP) is 4.82. The van der Waals surface area contributed by atoms with E-state index < -0.39 is 11.6 Å². The van der Waals surface area contributed by atoms with Crippen LogP contribution < -0.4 is 0 Å². The van der Waals surface area contributed by atoms with E-state index in [1.54, 1.807) is 0 Å². The van der Waals surface area contributed by atoms with E-state index in [4.69, 9.17) is 5.11 Å². The SMILES string of the molecule is CCCCC(CC)CC(O)(CC)C/C(CC)=C(\O)CC(=O)O. The fourth-order valence-electron chi connectivity index (χ4n) is 2.92. The zero-order valence-electron chi connectivity index (χ0n) is 14.7. The molecule has 3 N–H and O–H groups in total. The lowest BCUT2D eigenvalue weighted by Crippen LogP contribution is -2.31. The Morgan fingerprint density at radius 1 is 1.14 bits per heavy atom.